The number of aryl methyl sites for hydroxylation is 1. The molecule has 19 heavy (non-hydrogen) atoms. The smallest absolute Gasteiger partial charge is 0.242 e. The third kappa shape index (κ3) is 3.28. The number of nitrogens with two attached hydrogens (primary N) is 1. The Kier molecular flexibility index (Phi) is 3.84. The van der Waals surface area contributed by atoms with Crippen molar-refractivity contribution in [1.82, 2.24) is 4.72 Å². The van der Waals surface area contributed by atoms with E-state index >= 15 is 0 Å². The number of anilines is 1. The van der Waals surface area contributed by atoms with Gasteiger partial charge in [-0.3, -0.25) is 0 Å². The molecule has 0 aliphatic carbocycles. The molecule has 0 bridgehead atoms. The molecule has 0 saturated heterocycles. The van der Waals surface area contributed by atoms with Crippen LogP contribution in [0.1, 0.15) is 11.5 Å². The molecule has 0 spiro atoms. The molecule has 3 N–H and O–H groups in total. The molecule has 1 heterocycles. The molecule has 0 aliphatic rings. The van der Waals surface area contributed by atoms with Crippen LogP contribution in [0.15, 0.2) is 39.6 Å². The van der Waals surface area contributed by atoms with Crippen LogP contribution in [-0.4, -0.2) is 8.42 Å². The molecule has 0 radical (unpaired) electrons. The monoisotopic (exact) mass is 300 g/mol. The highest BCUT2D eigenvalue weighted by molar-refractivity contribution is 7.89. The lowest BCUT2D eigenvalue weighted by Crippen LogP contribution is -2.23. The predicted octanol–water partition coefficient (Wildman–Crippen LogP) is 2.30. The predicted molar refractivity (Wildman–Crippen MR) is 73.3 cm³/mol. The molecule has 0 aliphatic heterocycles. The highest BCUT2D eigenvalue weighted by atomic mass is 35.5. The lowest BCUT2D eigenvalue weighted by molar-refractivity contribution is 0.475. The summed E-state index contributed by atoms with van der Waals surface area (Å²) < 4.78 is 31.9. The fourth-order valence-electron chi connectivity index (χ4n) is 1.55. The minimum absolute atomic E-state index is 0.0440. The van der Waals surface area contributed by atoms with E-state index in [1.165, 1.54) is 18.2 Å². The van der Waals surface area contributed by atoms with Crippen LogP contribution in [0.5, 0.6) is 0 Å². The molecule has 0 amide bonds. The quantitative estimate of drug-likeness (QED) is 0.848. The van der Waals surface area contributed by atoms with Crippen LogP contribution in [0, 0.1) is 6.92 Å². The number of benzene rings is 1. The maximum atomic E-state index is 12.1. The van der Waals surface area contributed by atoms with Crippen molar-refractivity contribution in [2.45, 2.75) is 18.4 Å². The third-order valence-electron chi connectivity index (χ3n) is 2.48. The number of hydrogen-bond acceptors (Lipinski definition) is 4. The highest BCUT2D eigenvalue weighted by Crippen LogP contribution is 2.23. The van der Waals surface area contributed by atoms with Gasteiger partial charge < -0.3 is 10.2 Å². The summed E-state index contributed by atoms with van der Waals surface area (Å²) in [5.41, 5.74) is 5.90. The van der Waals surface area contributed by atoms with Crippen LogP contribution in [0.25, 0.3) is 0 Å². The number of hydrogen-bond donors (Lipinski definition) is 2. The van der Waals surface area contributed by atoms with E-state index in [1.54, 1.807) is 19.1 Å². The topological polar surface area (TPSA) is 85.3 Å². The first kappa shape index (κ1) is 13.9. The maximum Gasteiger partial charge on any atom is 0.242 e. The van der Waals surface area contributed by atoms with E-state index in [9.17, 15) is 8.42 Å². The fraction of sp³-hybridized carbons (Fsp3) is 0.167. The van der Waals surface area contributed by atoms with E-state index in [4.69, 9.17) is 21.8 Å². The Morgan fingerprint density at radius 1 is 1.32 bits per heavy atom. The van der Waals surface area contributed by atoms with Gasteiger partial charge in [-0.2, -0.15) is 0 Å². The molecule has 0 unspecified atom stereocenters. The summed E-state index contributed by atoms with van der Waals surface area (Å²) in [4.78, 5) is -0.0440. The van der Waals surface area contributed by atoms with Crippen molar-refractivity contribution >= 4 is 27.3 Å². The van der Waals surface area contributed by atoms with E-state index < -0.39 is 10.0 Å². The zero-order valence-electron chi connectivity index (χ0n) is 10.2. The van der Waals surface area contributed by atoms with Crippen molar-refractivity contribution in [2.24, 2.45) is 0 Å². The van der Waals surface area contributed by atoms with E-state index in [0.717, 1.165) is 5.76 Å². The van der Waals surface area contributed by atoms with Crippen LogP contribution >= 0.6 is 11.6 Å². The third-order valence-corrected chi connectivity index (χ3v) is 4.36. The fourth-order valence-corrected chi connectivity index (χ4v) is 3.08. The van der Waals surface area contributed by atoms with Gasteiger partial charge in [0, 0.05) is 5.69 Å². The first-order valence-corrected chi connectivity index (χ1v) is 7.34. The molecule has 0 saturated carbocycles. The van der Waals surface area contributed by atoms with Crippen LogP contribution in [0.2, 0.25) is 5.02 Å². The van der Waals surface area contributed by atoms with Crippen LogP contribution in [0.4, 0.5) is 5.69 Å². The van der Waals surface area contributed by atoms with Gasteiger partial charge >= 0.3 is 0 Å². The molecule has 2 rings (SSSR count). The van der Waals surface area contributed by atoms with Gasteiger partial charge in [0.05, 0.1) is 11.6 Å². The summed E-state index contributed by atoms with van der Waals surface area (Å²) in [6, 6.07) is 7.77. The Hall–Kier alpha value is -1.50. The second-order valence-corrected chi connectivity index (χ2v) is 6.17. The average molecular weight is 301 g/mol. The Labute approximate surface area is 116 Å². The standard InChI is InChI=1S/C12H13ClN2O3S/c1-8-2-4-10(18-8)7-15-19(16,17)12-6-9(14)3-5-11(12)13/h2-6,15H,7,14H2,1H3. The number of nitrogens with one attached hydrogen (secondary N) is 1. The minimum atomic E-state index is -3.72. The molecule has 0 atom stereocenters. The highest BCUT2D eigenvalue weighted by Gasteiger charge is 2.18. The van der Waals surface area contributed by atoms with Gasteiger partial charge in [-0.15, -0.1) is 0 Å². The molecule has 2 aromatic rings. The zero-order valence-corrected chi connectivity index (χ0v) is 11.8. The van der Waals surface area contributed by atoms with Gasteiger partial charge in [0.1, 0.15) is 16.4 Å². The van der Waals surface area contributed by atoms with Crippen molar-refractivity contribution in [1.29, 1.82) is 0 Å². The number of furan rings is 1. The average Bonchev–Trinajstić information content (AvgIpc) is 2.76. The minimum Gasteiger partial charge on any atom is -0.465 e. The number of nitrogen functional groups attached to an aromatic ring is 1. The lowest BCUT2D eigenvalue weighted by atomic mass is 10.3. The van der Waals surface area contributed by atoms with Crippen molar-refractivity contribution in [3.63, 3.8) is 0 Å². The zero-order chi connectivity index (χ0) is 14.0. The van der Waals surface area contributed by atoms with Gasteiger partial charge in [-0.05, 0) is 37.3 Å². The SMILES string of the molecule is Cc1ccc(CNS(=O)(=O)c2cc(N)ccc2Cl)o1. The molecular weight excluding hydrogens is 288 g/mol. The van der Waals surface area contributed by atoms with Crippen LogP contribution in [-0.2, 0) is 16.6 Å². The molecule has 1 aromatic carbocycles. The molecular formula is C12H13ClN2O3S. The molecule has 1 aromatic heterocycles. The van der Waals surface area contributed by atoms with Crippen LogP contribution < -0.4 is 10.5 Å². The summed E-state index contributed by atoms with van der Waals surface area (Å²) in [5, 5.41) is 0.123. The summed E-state index contributed by atoms with van der Waals surface area (Å²) in [6.07, 6.45) is 0. The molecule has 102 valence electrons. The summed E-state index contributed by atoms with van der Waals surface area (Å²) in [6.45, 7) is 1.84. The second-order valence-electron chi connectivity index (χ2n) is 4.03. The first-order valence-electron chi connectivity index (χ1n) is 5.48. The summed E-state index contributed by atoms with van der Waals surface area (Å²) >= 11 is 5.87. The number of rotatable bonds is 4. The number of sulfonamides is 1. The van der Waals surface area contributed by atoms with E-state index in [-0.39, 0.29) is 16.5 Å². The largest absolute Gasteiger partial charge is 0.465 e. The van der Waals surface area contributed by atoms with Gasteiger partial charge in [-0.1, -0.05) is 11.6 Å². The van der Waals surface area contributed by atoms with E-state index in [2.05, 4.69) is 4.72 Å². The Morgan fingerprint density at radius 2 is 2.05 bits per heavy atom. The van der Waals surface area contributed by atoms with Crippen molar-refractivity contribution in [2.75, 3.05) is 5.73 Å². The van der Waals surface area contributed by atoms with Gasteiger partial charge in [0.15, 0.2) is 0 Å². The second kappa shape index (κ2) is 5.24. The van der Waals surface area contributed by atoms with Gasteiger partial charge in [0.25, 0.3) is 0 Å². The Morgan fingerprint density at radius 3 is 2.68 bits per heavy atom. The number of halogens is 1. The summed E-state index contributed by atoms with van der Waals surface area (Å²) in [5.74, 6) is 1.25. The van der Waals surface area contributed by atoms with E-state index in [0.29, 0.717) is 11.4 Å². The van der Waals surface area contributed by atoms with Crippen LogP contribution in [0.3, 0.4) is 0 Å². The Bertz CT molecular complexity index is 695. The normalized spacial score (nSPS) is 11.7. The summed E-state index contributed by atoms with van der Waals surface area (Å²) in [7, 11) is -3.72. The lowest BCUT2D eigenvalue weighted by Gasteiger charge is -2.08. The van der Waals surface area contributed by atoms with Crippen molar-refractivity contribution in [3.05, 3.63) is 46.9 Å². The molecule has 7 heteroatoms. The van der Waals surface area contributed by atoms with E-state index in [1.807, 2.05) is 0 Å². The van der Waals surface area contributed by atoms with Crippen molar-refractivity contribution in [3.8, 4) is 0 Å². The molecule has 5 nitrogen and oxygen atoms in total. The Balaban J connectivity index is 2.20. The maximum absolute atomic E-state index is 12.1. The van der Waals surface area contributed by atoms with Crippen molar-refractivity contribution < 1.29 is 12.8 Å². The van der Waals surface area contributed by atoms with Gasteiger partial charge in [0.2, 0.25) is 10.0 Å². The van der Waals surface area contributed by atoms with Gasteiger partial charge in [-0.25, -0.2) is 13.1 Å². The molecule has 0 fully saturated rings. The first-order chi connectivity index (χ1) is 8.88.